The van der Waals surface area contributed by atoms with Gasteiger partial charge in [-0.05, 0) is 20.3 Å². The number of rotatable bonds is 6. The Hall–Kier alpha value is -1.70. The van der Waals surface area contributed by atoms with Crippen LogP contribution in [0.3, 0.4) is 0 Å². The summed E-state index contributed by atoms with van der Waals surface area (Å²) in [6, 6.07) is -0.747. The number of carboxylic acids is 1. The number of carboxylic acid groups (broad SMARTS) is 1. The van der Waals surface area contributed by atoms with E-state index in [2.05, 4.69) is 16.6 Å². The van der Waals surface area contributed by atoms with E-state index in [1.54, 1.807) is 13.8 Å². The highest BCUT2D eigenvalue weighted by Crippen LogP contribution is 2.12. The molecule has 2 amide bonds. The SMILES string of the molecule is C#CC(CCC)NC(=O)NCC(C)(C)C(=O)O. The first kappa shape index (κ1) is 15.3. The van der Waals surface area contributed by atoms with E-state index < -0.39 is 17.4 Å². The van der Waals surface area contributed by atoms with Gasteiger partial charge >= 0.3 is 12.0 Å². The van der Waals surface area contributed by atoms with Crippen LogP contribution < -0.4 is 10.6 Å². The summed E-state index contributed by atoms with van der Waals surface area (Å²) in [5.41, 5.74) is -0.992. The number of hydrogen-bond acceptors (Lipinski definition) is 2. The van der Waals surface area contributed by atoms with Gasteiger partial charge in [0.1, 0.15) is 0 Å². The minimum absolute atomic E-state index is 0.0532. The molecule has 0 aromatic carbocycles. The smallest absolute Gasteiger partial charge is 0.315 e. The Balaban J connectivity index is 4.12. The third-order valence-electron chi connectivity index (χ3n) is 2.35. The molecular formula is C12H20N2O3. The van der Waals surface area contributed by atoms with Gasteiger partial charge < -0.3 is 15.7 Å². The number of carbonyl (C=O) groups excluding carboxylic acids is 1. The summed E-state index contributed by atoms with van der Waals surface area (Å²) >= 11 is 0. The van der Waals surface area contributed by atoms with Crippen LogP contribution in [0.1, 0.15) is 33.6 Å². The van der Waals surface area contributed by atoms with Crippen molar-refractivity contribution in [3.8, 4) is 12.3 Å². The number of carbonyl (C=O) groups is 2. The van der Waals surface area contributed by atoms with Crippen LogP contribution in [-0.2, 0) is 4.79 Å². The highest BCUT2D eigenvalue weighted by molar-refractivity contribution is 5.77. The second kappa shape index (κ2) is 6.79. The molecule has 0 radical (unpaired) electrons. The molecule has 5 nitrogen and oxygen atoms in total. The van der Waals surface area contributed by atoms with E-state index in [-0.39, 0.29) is 12.6 Å². The first-order chi connectivity index (χ1) is 7.83. The molecule has 0 rings (SSSR count). The Morgan fingerprint density at radius 1 is 1.47 bits per heavy atom. The molecule has 96 valence electrons. The third kappa shape index (κ3) is 5.81. The maximum atomic E-state index is 11.4. The molecule has 0 aliphatic rings. The summed E-state index contributed by atoms with van der Waals surface area (Å²) in [6.07, 6.45) is 6.82. The quantitative estimate of drug-likeness (QED) is 0.610. The van der Waals surface area contributed by atoms with Crippen molar-refractivity contribution in [1.29, 1.82) is 0 Å². The summed E-state index contributed by atoms with van der Waals surface area (Å²) in [7, 11) is 0. The van der Waals surface area contributed by atoms with Gasteiger partial charge in [0.25, 0.3) is 0 Å². The van der Waals surface area contributed by atoms with Crippen LogP contribution in [0.2, 0.25) is 0 Å². The highest BCUT2D eigenvalue weighted by Gasteiger charge is 2.27. The van der Waals surface area contributed by atoms with Crippen molar-refractivity contribution in [2.75, 3.05) is 6.54 Å². The van der Waals surface area contributed by atoms with Gasteiger partial charge in [0.05, 0.1) is 11.5 Å². The van der Waals surface area contributed by atoms with Crippen LogP contribution in [0, 0.1) is 17.8 Å². The number of nitrogens with one attached hydrogen (secondary N) is 2. The summed E-state index contributed by atoms with van der Waals surface area (Å²) in [5.74, 6) is 1.51. The molecule has 0 aromatic rings. The molecule has 5 heteroatoms. The van der Waals surface area contributed by atoms with E-state index in [0.29, 0.717) is 6.42 Å². The minimum atomic E-state index is -0.992. The molecule has 0 fully saturated rings. The lowest BCUT2D eigenvalue weighted by molar-refractivity contribution is -0.146. The normalized spacial score (nSPS) is 12.4. The predicted octanol–water partition coefficient (Wildman–Crippen LogP) is 1.20. The molecule has 17 heavy (non-hydrogen) atoms. The van der Waals surface area contributed by atoms with Crippen LogP contribution in [0.5, 0.6) is 0 Å². The zero-order valence-electron chi connectivity index (χ0n) is 10.5. The Labute approximate surface area is 102 Å². The third-order valence-corrected chi connectivity index (χ3v) is 2.35. The summed E-state index contributed by atoms with van der Waals surface area (Å²) in [5, 5.41) is 14.0. The van der Waals surface area contributed by atoms with Crippen molar-refractivity contribution in [2.24, 2.45) is 5.41 Å². The van der Waals surface area contributed by atoms with Crippen molar-refractivity contribution < 1.29 is 14.7 Å². The molecule has 0 saturated heterocycles. The topological polar surface area (TPSA) is 78.4 Å². The maximum Gasteiger partial charge on any atom is 0.315 e. The predicted molar refractivity (Wildman–Crippen MR) is 65.5 cm³/mol. The molecule has 0 aliphatic carbocycles. The first-order valence-corrected chi connectivity index (χ1v) is 5.57. The number of amides is 2. The van der Waals surface area contributed by atoms with E-state index >= 15 is 0 Å². The largest absolute Gasteiger partial charge is 0.481 e. The van der Waals surface area contributed by atoms with Crippen molar-refractivity contribution >= 4 is 12.0 Å². The lowest BCUT2D eigenvalue weighted by Crippen LogP contribution is -2.46. The molecule has 0 heterocycles. The van der Waals surface area contributed by atoms with E-state index in [4.69, 9.17) is 11.5 Å². The average molecular weight is 240 g/mol. The van der Waals surface area contributed by atoms with E-state index in [9.17, 15) is 9.59 Å². The molecule has 0 bridgehead atoms. The average Bonchev–Trinajstić information content (AvgIpc) is 2.25. The number of terminal acetylenes is 1. The minimum Gasteiger partial charge on any atom is -0.481 e. The van der Waals surface area contributed by atoms with Gasteiger partial charge in [0, 0.05) is 6.54 Å². The van der Waals surface area contributed by atoms with Gasteiger partial charge in [-0.1, -0.05) is 19.3 Å². The van der Waals surface area contributed by atoms with E-state index in [1.165, 1.54) is 0 Å². The maximum absolute atomic E-state index is 11.4. The molecule has 3 N–H and O–H groups in total. The Kier molecular flexibility index (Phi) is 6.11. The molecule has 0 aliphatic heterocycles. The fraction of sp³-hybridized carbons (Fsp3) is 0.667. The number of hydrogen-bond donors (Lipinski definition) is 3. The standard InChI is InChI=1S/C12H20N2O3/c1-5-7-9(6-2)14-11(17)13-8-12(3,4)10(15)16/h2,9H,5,7-8H2,1,3-4H3,(H,15,16)(H2,13,14,17). The van der Waals surface area contributed by atoms with Gasteiger partial charge in [-0.25, -0.2) is 4.79 Å². The van der Waals surface area contributed by atoms with E-state index in [0.717, 1.165) is 6.42 Å². The lowest BCUT2D eigenvalue weighted by Gasteiger charge is -2.20. The van der Waals surface area contributed by atoms with Crippen LogP contribution >= 0.6 is 0 Å². The van der Waals surface area contributed by atoms with Gasteiger partial charge in [-0.3, -0.25) is 4.79 Å². The molecule has 0 saturated carbocycles. The molecule has 0 spiro atoms. The fourth-order valence-electron chi connectivity index (χ4n) is 1.07. The Morgan fingerprint density at radius 3 is 2.47 bits per heavy atom. The lowest BCUT2D eigenvalue weighted by atomic mass is 9.94. The van der Waals surface area contributed by atoms with Crippen molar-refractivity contribution in [1.82, 2.24) is 10.6 Å². The van der Waals surface area contributed by atoms with Crippen LogP contribution in [0.25, 0.3) is 0 Å². The van der Waals surface area contributed by atoms with Crippen molar-refractivity contribution in [3.63, 3.8) is 0 Å². The fourth-order valence-corrected chi connectivity index (χ4v) is 1.07. The Morgan fingerprint density at radius 2 is 2.06 bits per heavy atom. The first-order valence-electron chi connectivity index (χ1n) is 5.57. The van der Waals surface area contributed by atoms with E-state index in [1.807, 2.05) is 6.92 Å². The van der Waals surface area contributed by atoms with Crippen LogP contribution in [0.4, 0.5) is 4.79 Å². The van der Waals surface area contributed by atoms with Gasteiger partial charge in [0.15, 0.2) is 0 Å². The highest BCUT2D eigenvalue weighted by atomic mass is 16.4. The van der Waals surface area contributed by atoms with Crippen LogP contribution in [0.15, 0.2) is 0 Å². The van der Waals surface area contributed by atoms with Crippen molar-refractivity contribution in [3.05, 3.63) is 0 Å². The number of urea groups is 1. The summed E-state index contributed by atoms with van der Waals surface area (Å²) in [6.45, 7) is 5.11. The van der Waals surface area contributed by atoms with Crippen LogP contribution in [-0.4, -0.2) is 29.7 Å². The molecule has 0 aromatic heterocycles. The summed E-state index contributed by atoms with van der Waals surface area (Å²) < 4.78 is 0. The molecular weight excluding hydrogens is 220 g/mol. The second-order valence-electron chi connectivity index (χ2n) is 4.52. The zero-order chi connectivity index (χ0) is 13.5. The molecule has 1 atom stereocenters. The summed E-state index contributed by atoms with van der Waals surface area (Å²) in [4.78, 5) is 22.3. The zero-order valence-corrected chi connectivity index (χ0v) is 10.5. The Bertz CT molecular complexity index is 318. The van der Waals surface area contributed by atoms with Gasteiger partial charge in [0.2, 0.25) is 0 Å². The molecule has 1 unspecified atom stereocenters. The second-order valence-corrected chi connectivity index (χ2v) is 4.52. The monoisotopic (exact) mass is 240 g/mol. The number of aliphatic carboxylic acids is 1. The van der Waals surface area contributed by atoms with Crippen molar-refractivity contribution in [2.45, 2.75) is 39.7 Å². The van der Waals surface area contributed by atoms with Gasteiger partial charge in [-0.2, -0.15) is 0 Å². The van der Waals surface area contributed by atoms with Gasteiger partial charge in [-0.15, -0.1) is 6.42 Å².